The van der Waals surface area contributed by atoms with Crippen molar-refractivity contribution in [2.75, 3.05) is 0 Å². The van der Waals surface area contributed by atoms with Crippen LogP contribution in [0.5, 0.6) is 5.75 Å². The number of amides is 1. The Bertz CT molecular complexity index is 860. The average Bonchev–Trinajstić information content (AvgIpc) is 2.97. The van der Waals surface area contributed by atoms with Crippen molar-refractivity contribution in [3.05, 3.63) is 65.2 Å². The molecule has 1 amide bonds. The molecule has 1 atom stereocenters. The second-order valence-electron chi connectivity index (χ2n) is 6.61. The zero-order valence-electron chi connectivity index (χ0n) is 15.7. The first kappa shape index (κ1) is 19.2. The van der Waals surface area contributed by atoms with Gasteiger partial charge in [-0.15, -0.1) is 5.10 Å². The Morgan fingerprint density at radius 1 is 1.19 bits per heavy atom. The van der Waals surface area contributed by atoms with Crippen LogP contribution in [0.25, 0.3) is 0 Å². The number of amidine groups is 1. The predicted molar refractivity (Wildman–Crippen MR) is 112 cm³/mol. The number of nitrogens with one attached hydrogen (secondary N) is 1. The second kappa shape index (κ2) is 8.86. The molecule has 5 nitrogen and oxygen atoms in total. The molecule has 3 rings (SSSR count). The van der Waals surface area contributed by atoms with Gasteiger partial charge >= 0.3 is 0 Å². The number of hydrogen-bond acceptors (Lipinski definition) is 5. The van der Waals surface area contributed by atoms with Gasteiger partial charge in [0.15, 0.2) is 5.17 Å². The highest BCUT2D eigenvalue weighted by Crippen LogP contribution is 2.24. The molecule has 1 N–H and O–H groups in total. The van der Waals surface area contributed by atoms with Crippen molar-refractivity contribution in [2.45, 2.75) is 38.5 Å². The van der Waals surface area contributed by atoms with E-state index in [1.165, 1.54) is 22.9 Å². The molecule has 27 heavy (non-hydrogen) atoms. The maximum absolute atomic E-state index is 12.2. The van der Waals surface area contributed by atoms with Crippen LogP contribution in [0, 0.1) is 6.92 Å². The van der Waals surface area contributed by atoms with Crippen LogP contribution >= 0.6 is 11.8 Å². The molecule has 0 bridgehead atoms. The summed E-state index contributed by atoms with van der Waals surface area (Å²) in [6.07, 6.45) is 2.49. The van der Waals surface area contributed by atoms with Gasteiger partial charge < -0.3 is 10.1 Å². The molecule has 1 aliphatic heterocycles. The molecular formula is C21H23N3O2S. The lowest BCUT2D eigenvalue weighted by Gasteiger charge is -2.08. The van der Waals surface area contributed by atoms with Gasteiger partial charge in [0.2, 0.25) is 5.91 Å². The highest BCUT2D eigenvalue weighted by atomic mass is 32.2. The number of hydrogen-bond donors (Lipinski definition) is 1. The van der Waals surface area contributed by atoms with Crippen LogP contribution in [0.1, 0.15) is 30.5 Å². The van der Waals surface area contributed by atoms with Crippen LogP contribution in [0.2, 0.25) is 0 Å². The van der Waals surface area contributed by atoms with Crippen LogP contribution < -0.4 is 10.1 Å². The third-order valence-corrected chi connectivity index (χ3v) is 5.12. The highest BCUT2D eigenvalue weighted by Gasteiger charge is 2.30. The molecular weight excluding hydrogens is 358 g/mol. The molecule has 0 aromatic heterocycles. The van der Waals surface area contributed by atoms with Crippen LogP contribution in [0.3, 0.4) is 0 Å². The first-order chi connectivity index (χ1) is 13.0. The van der Waals surface area contributed by atoms with Crippen molar-refractivity contribution < 1.29 is 9.53 Å². The monoisotopic (exact) mass is 381 g/mol. The van der Waals surface area contributed by atoms with E-state index in [4.69, 9.17) is 4.74 Å². The van der Waals surface area contributed by atoms with Gasteiger partial charge in [0.1, 0.15) is 5.75 Å². The SMILES string of the molecule is Cc1ccccc1C[C@H]1S/C(=N/N=C\c2ccc(OC(C)C)cc2)NC1=O. The summed E-state index contributed by atoms with van der Waals surface area (Å²) < 4.78 is 5.61. The summed E-state index contributed by atoms with van der Waals surface area (Å²) in [6, 6.07) is 15.8. The van der Waals surface area contributed by atoms with Gasteiger partial charge in [-0.3, -0.25) is 4.79 Å². The normalized spacial score (nSPS) is 18.4. The molecule has 6 heteroatoms. The Labute approximate surface area is 163 Å². The fourth-order valence-corrected chi connectivity index (χ4v) is 3.63. The number of nitrogens with zero attached hydrogens (tertiary/aromatic N) is 2. The molecule has 0 saturated carbocycles. The minimum atomic E-state index is -0.174. The van der Waals surface area contributed by atoms with Gasteiger partial charge in [-0.05, 0) is 68.1 Å². The number of thioether (sulfide) groups is 1. The number of benzene rings is 2. The first-order valence-corrected chi connectivity index (χ1v) is 9.79. The van der Waals surface area contributed by atoms with E-state index < -0.39 is 0 Å². The van der Waals surface area contributed by atoms with Crippen LogP contribution in [-0.4, -0.2) is 28.6 Å². The van der Waals surface area contributed by atoms with Gasteiger partial charge in [-0.25, -0.2) is 0 Å². The van der Waals surface area contributed by atoms with E-state index in [0.29, 0.717) is 11.6 Å². The molecule has 1 heterocycles. The second-order valence-corrected chi connectivity index (χ2v) is 7.80. The van der Waals surface area contributed by atoms with E-state index in [0.717, 1.165) is 11.3 Å². The molecule has 0 radical (unpaired) electrons. The van der Waals surface area contributed by atoms with E-state index >= 15 is 0 Å². The lowest BCUT2D eigenvalue weighted by molar-refractivity contribution is -0.118. The summed E-state index contributed by atoms with van der Waals surface area (Å²) in [5.74, 6) is 0.804. The molecule has 140 valence electrons. The van der Waals surface area contributed by atoms with E-state index in [9.17, 15) is 4.79 Å². The van der Waals surface area contributed by atoms with Crippen molar-refractivity contribution in [1.82, 2.24) is 5.32 Å². The minimum absolute atomic E-state index is 0.0209. The van der Waals surface area contributed by atoms with Gasteiger partial charge in [-0.2, -0.15) is 5.10 Å². The Kier molecular flexibility index (Phi) is 6.29. The van der Waals surface area contributed by atoms with Gasteiger partial charge in [0.25, 0.3) is 0 Å². The number of carbonyl (C=O) groups excluding carboxylic acids is 1. The summed E-state index contributed by atoms with van der Waals surface area (Å²) >= 11 is 1.42. The van der Waals surface area contributed by atoms with E-state index in [2.05, 4.69) is 34.6 Å². The molecule has 2 aromatic rings. The lowest BCUT2D eigenvalue weighted by Crippen LogP contribution is -2.26. The number of aryl methyl sites for hydroxylation is 1. The lowest BCUT2D eigenvalue weighted by atomic mass is 10.0. The summed E-state index contributed by atoms with van der Waals surface area (Å²) in [7, 11) is 0. The quantitative estimate of drug-likeness (QED) is 0.609. The molecule has 0 aliphatic carbocycles. The molecule has 1 saturated heterocycles. The topological polar surface area (TPSA) is 63.1 Å². The largest absolute Gasteiger partial charge is 0.491 e. The maximum Gasteiger partial charge on any atom is 0.239 e. The molecule has 0 spiro atoms. The Morgan fingerprint density at radius 2 is 1.93 bits per heavy atom. The average molecular weight is 382 g/mol. The third kappa shape index (κ3) is 5.44. The van der Waals surface area contributed by atoms with Crippen LogP contribution in [-0.2, 0) is 11.2 Å². The fraction of sp³-hybridized carbons (Fsp3) is 0.286. The molecule has 1 fully saturated rings. The summed E-state index contributed by atoms with van der Waals surface area (Å²) in [5.41, 5.74) is 3.29. The third-order valence-electron chi connectivity index (χ3n) is 4.05. The zero-order valence-corrected chi connectivity index (χ0v) is 16.5. The Morgan fingerprint density at radius 3 is 2.63 bits per heavy atom. The zero-order chi connectivity index (χ0) is 19.2. The van der Waals surface area contributed by atoms with Crippen molar-refractivity contribution in [3.63, 3.8) is 0 Å². The van der Waals surface area contributed by atoms with Crippen LogP contribution in [0.15, 0.2) is 58.7 Å². The summed E-state index contributed by atoms with van der Waals surface area (Å²) in [5, 5.41) is 11.4. The van der Waals surface area contributed by atoms with Gasteiger partial charge in [0.05, 0.1) is 17.6 Å². The standard InChI is InChI=1S/C21H23N3O2S/c1-14(2)26-18-10-8-16(9-11-18)13-22-24-21-23-20(25)19(27-21)12-17-7-5-4-6-15(17)3/h4-11,13-14,19H,12H2,1-3H3,(H,23,24,25)/b22-13-/t19-/m1/s1. The van der Waals surface area contributed by atoms with Gasteiger partial charge in [-0.1, -0.05) is 36.0 Å². The first-order valence-electron chi connectivity index (χ1n) is 8.91. The van der Waals surface area contributed by atoms with Crippen LogP contribution in [0.4, 0.5) is 0 Å². The smallest absolute Gasteiger partial charge is 0.239 e. The number of rotatable bonds is 6. The van der Waals surface area contributed by atoms with Gasteiger partial charge in [0, 0.05) is 0 Å². The van der Waals surface area contributed by atoms with E-state index in [1.54, 1.807) is 6.21 Å². The summed E-state index contributed by atoms with van der Waals surface area (Å²) in [4.78, 5) is 12.2. The van der Waals surface area contributed by atoms with Crippen molar-refractivity contribution in [2.24, 2.45) is 10.2 Å². The van der Waals surface area contributed by atoms with Crippen molar-refractivity contribution >= 4 is 29.1 Å². The Balaban J connectivity index is 1.59. The molecule has 2 aromatic carbocycles. The van der Waals surface area contributed by atoms with E-state index in [1.807, 2.05) is 50.2 Å². The fourth-order valence-electron chi connectivity index (χ4n) is 2.68. The number of ether oxygens (including phenoxy) is 1. The van der Waals surface area contributed by atoms with Crippen molar-refractivity contribution in [1.29, 1.82) is 0 Å². The maximum atomic E-state index is 12.2. The molecule has 1 aliphatic rings. The minimum Gasteiger partial charge on any atom is -0.491 e. The Hall–Kier alpha value is -2.60. The summed E-state index contributed by atoms with van der Waals surface area (Å²) in [6.45, 7) is 6.04. The predicted octanol–water partition coefficient (Wildman–Crippen LogP) is 3.95. The number of carbonyl (C=O) groups is 1. The van der Waals surface area contributed by atoms with Crippen molar-refractivity contribution in [3.8, 4) is 5.75 Å². The van der Waals surface area contributed by atoms with E-state index in [-0.39, 0.29) is 17.3 Å². The molecule has 0 unspecified atom stereocenters. The highest BCUT2D eigenvalue weighted by molar-refractivity contribution is 8.15.